The van der Waals surface area contributed by atoms with Gasteiger partial charge in [0.25, 0.3) is 5.91 Å². The second-order valence-corrected chi connectivity index (χ2v) is 6.79. The Hall–Kier alpha value is -2.64. The average Bonchev–Trinajstić information content (AvgIpc) is 3.34. The number of hydrogen-bond donors (Lipinski definition) is 0. The van der Waals surface area contributed by atoms with Gasteiger partial charge in [0.15, 0.2) is 0 Å². The van der Waals surface area contributed by atoms with E-state index in [1.54, 1.807) is 19.2 Å². The molecule has 0 aromatic carbocycles. The molecule has 3 atom stereocenters. The Kier molecular flexibility index (Phi) is 4.03. The number of rotatable bonds is 3. The Morgan fingerprint density at radius 3 is 2.92 bits per heavy atom. The first-order chi connectivity index (χ1) is 12.1. The van der Waals surface area contributed by atoms with Crippen molar-refractivity contribution in [1.29, 1.82) is 0 Å². The summed E-state index contributed by atoms with van der Waals surface area (Å²) >= 11 is 0. The molecule has 0 radical (unpaired) electrons. The summed E-state index contributed by atoms with van der Waals surface area (Å²) in [5, 5.41) is 7.87. The molecule has 4 heterocycles. The molecule has 8 nitrogen and oxygen atoms in total. The fraction of sp³-hybridized carbons (Fsp3) is 0.529. The van der Waals surface area contributed by atoms with E-state index in [9.17, 15) is 9.59 Å². The third-order valence-corrected chi connectivity index (χ3v) is 5.28. The molecule has 0 spiro atoms. The van der Waals surface area contributed by atoms with Crippen LogP contribution in [-0.4, -0.2) is 61.7 Å². The standard InChI is InChI=1S/C17H21N5O3/c1-12(23)22-14(11-21-7-2-5-18-21)9-13-10-20(8-4-15(13)22)17(24)16-3-6-19-25-16/h2-3,5-7,13-15H,4,8-11H2,1H3/t13-,14?,15+/m0/s1. The minimum absolute atomic E-state index is 0.0969. The van der Waals surface area contributed by atoms with Gasteiger partial charge in [-0.25, -0.2) is 0 Å². The maximum Gasteiger partial charge on any atom is 0.292 e. The number of piperidine rings is 1. The maximum absolute atomic E-state index is 12.5. The summed E-state index contributed by atoms with van der Waals surface area (Å²) in [5.41, 5.74) is 0. The van der Waals surface area contributed by atoms with Crippen molar-refractivity contribution in [2.75, 3.05) is 13.1 Å². The smallest absolute Gasteiger partial charge is 0.292 e. The van der Waals surface area contributed by atoms with Crippen LogP contribution < -0.4 is 0 Å². The van der Waals surface area contributed by atoms with E-state index in [2.05, 4.69) is 10.3 Å². The van der Waals surface area contributed by atoms with Crippen molar-refractivity contribution >= 4 is 11.8 Å². The molecule has 2 fully saturated rings. The van der Waals surface area contributed by atoms with Gasteiger partial charge in [-0.2, -0.15) is 5.10 Å². The van der Waals surface area contributed by atoms with Gasteiger partial charge >= 0.3 is 0 Å². The van der Waals surface area contributed by atoms with Crippen LogP contribution in [0.1, 0.15) is 30.3 Å². The van der Waals surface area contributed by atoms with Gasteiger partial charge in [-0.05, 0) is 24.8 Å². The van der Waals surface area contributed by atoms with Crippen molar-refractivity contribution in [1.82, 2.24) is 24.7 Å². The minimum Gasteiger partial charge on any atom is -0.351 e. The molecule has 1 unspecified atom stereocenters. The summed E-state index contributed by atoms with van der Waals surface area (Å²) in [6.07, 6.45) is 6.81. The van der Waals surface area contributed by atoms with Gasteiger partial charge in [-0.3, -0.25) is 14.3 Å². The highest BCUT2D eigenvalue weighted by molar-refractivity contribution is 5.91. The van der Waals surface area contributed by atoms with Crippen LogP contribution in [0.4, 0.5) is 0 Å². The van der Waals surface area contributed by atoms with Gasteiger partial charge in [-0.15, -0.1) is 0 Å². The zero-order chi connectivity index (χ0) is 17.4. The summed E-state index contributed by atoms with van der Waals surface area (Å²) in [7, 11) is 0. The zero-order valence-electron chi connectivity index (χ0n) is 14.1. The molecule has 0 bridgehead atoms. The lowest BCUT2D eigenvalue weighted by Gasteiger charge is -2.38. The number of nitrogens with zero attached hydrogens (tertiary/aromatic N) is 5. The molecular formula is C17H21N5O3. The third kappa shape index (κ3) is 2.92. The molecule has 2 aliphatic rings. The number of amides is 2. The Balaban J connectivity index is 1.49. The van der Waals surface area contributed by atoms with Crippen LogP contribution in [0.25, 0.3) is 0 Å². The van der Waals surface area contributed by atoms with Gasteiger partial charge in [0.2, 0.25) is 11.7 Å². The molecule has 0 aliphatic carbocycles. The van der Waals surface area contributed by atoms with Crippen LogP contribution in [0, 0.1) is 5.92 Å². The molecule has 132 valence electrons. The monoisotopic (exact) mass is 343 g/mol. The van der Waals surface area contributed by atoms with Crippen LogP contribution >= 0.6 is 0 Å². The molecule has 0 N–H and O–H groups in total. The number of likely N-dealkylation sites (tertiary alicyclic amines) is 2. The van der Waals surface area contributed by atoms with Gasteiger partial charge in [0, 0.05) is 44.5 Å². The predicted octanol–water partition coefficient (Wildman–Crippen LogP) is 1.02. The zero-order valence-corrected chi connectivity index (χ0v) is 14.1. The summed E-state index contributed by atoms with van der Waals surface area (Å²) in [6, 6.07) is 3.79. The normalized spacial score (nSPS) is 25.9. The van der Waals surface area contributed by atoms with Crippen LogP contribution in [0.5, 0.6) is 0 Å². The second kappa shape index (κ2) is 6.34. The lowest BCUT2D eigenvalue weighted by Crippen LogP contribution is -2.50. The first-order valence-corrected chi connectivity index (χ1v) is 8.60. The molecule has 0 saturated carbocycles. The Morgan fingerprint density at radius 1 is 1.36 bits per heavy atom. The summed E-state index contributed by atoms with van der Waals surface area (Å²) < 4.78 is 6.86. The number of hydrogen-bond acceptors (Lipinski definition) is 5. The highest BCUT2D eigenvalue weighted by atomic mass is 16.5. The van der Waals surface area contributed by atoms with Crippen molar-refractivity contribution in [3.8, 4) is 0 Å². The third-order valence-electron chi connectivity index (χ3n) is 5.28. The SMILES string of the molecule is CC(=O)N1C(Cn2cccn2)C[C@H]2CN(C(=O)c3ccno3)CC[C@H]21. The minimum atomic E-state index is -0.124. The van der Waals surface area contributed by atoms with Crippen molar-refractivity contribution < 1.29 is 14.1 Å². The molecule has 4 rings (SSSR count). The number of aromatic nitrogens is 3. The van der Waals surface area contributed by atoms with Crippen LogP contribution in [-0.2, 0) is 11.3 Å². The molecule has 25 heavy (non-hydrogen) atoms. The Labute approximate surface area is 145 Å². The lowest BCUT2D eigenvalue weighted by atomic mass is 9.92. The quantitative estimate of drug-likeness (QED) is 0.831. The van der Waals surface area contributed by atoms with E-state index in [1.165, 1.54) is 6.20 Å². The van der Waals surface area contributed by atoms with Crippen LogP contribution in [0.3, 0.4) is 0 Å². The number of carbonyl (C=O) groups excluding carboxylic acids is 2. The van der Waals surface area contributed by atoms with Crippen molar-refractivity contribution in [2.45, 2.75) is 38.4 Å². The van der Waals surface area contributed by atoms with E-state index in [1.807, 2.05) is 26.7 Å². The Bertz CT molecular complexity index is 742. The molecule has 2 amide bonds. The molecule has 2 aromatic rings. The molecule has 2 saturated heterocycles. The van der Waals surface area contributed by atoms with Gasteiger partial charge in [0.1, 0.15) is 0 Å². The van der Waals surface area contributed by atoms with Crippen molar-refractivity contribution in [3.05, 3.63) is 36.5 Å². The van der Waals surface area contributed by atoms with Crippen LogP contribution in [0.15, 0.2) is 35.2 Å². The lowest BCUT2D eigenvalue weighted by molar-refractivity contribution is -0.132. The number of carbonyl (C=O) groups is 2. The van der Waals surface area contributed by atoms with Gasteiger partial charge < -0.3 is 14.3 Å². The van der Waals surface area contributed by atoms with Gasteiger partial charge in [-0.1, -0.05) is 5.16 Å². The maximum atomic E-state index is 12.5. The fourth-order valence-corrected chi connectivity index (χ4v) is 4.30. The van der Waals surface area contributed by atoms with Crippen molar-refractivity contribution in [3.63, 3.8) is 0 Å². The predicted molar refractivity (Wildman–Crippen MR) is 87.5 cm³/mol. The second-order valence-electron chi connectivity index (χ2n) is 6.79. The number of fused-ring (bicyclic) bond motifs is 1. The average molecular weight is 343 g/mol. The van der Waals surface area contributed by atoms with E-state index in [4.69, 9.17) is 4.52 Å². The van der Waals surface area contributed by atoms with Gasteiger partial charge in [0.05, 0.1) is 18.8 Å². The first-order valence-electron chi connectivity index (χ1n) is 8.60. The molecule has 2 aromatic heterocycles. The van der Waals surface area contributed by atoms with E-state index in [0.29, 0.717) is 19.6 Å². The summed E-state index contributed by atoms with van der Waals surface area (Å²) in [5.74, 6) is 0.526. The van der Waals surface area contributed by atoms with E-state index < -0.39 is 0 Å². The molecule has 2 aliphatic heterocycles. The van der Waals surface area contributed by atoms with E-state index in [-0.39, 0.29) is 35.6 Å². The molecular weight excluding hydrogens is 322 g/mol. The van der Waals surface area contributed by atoms with Crippen molar-refractivity contribution in [2.24, 2.45) is 5.92 Å². The summed E-state index contributed by atoms with van der Waals surface area (Å²) in [6.45, 7) is 3.59. The highest BCUT2D eigenvalue weighted by Crippen LogP contribution is 2.36. The van der Waals surface area contributed by atoms with Crippen LogP contribution in [0.2, 0.25) is 0 Å². The molecule has 8 heteroatoms. The van der Waals surface area contributed by atoms with E-state index >= 15 is 0 Å². The van der Waals surface area contributed by atoms with E-state index in [0.717, 1.165) is 12.8 Å². The first kappa shape index (κ1) is 15.9. The topological polar surface area (TPSA) is 84.5 Å². The Morgan fingerprint density at radius 2 is 2.24 bits per heavy atom. The largest absolute Gasteiger partial charge is 0.351 e. The summed E-state index contributed by atoms with van der Waals surface area (Å²) in [4.78, 5) is 28.6. The highest BCUT2D eigenvalue weighted by Gasteiger charge is 2.46. The fourth-order valence-electron chi connectivity index (χ4n) is 4.30.